The number of aliphatic hydroxyl groups is 1. The van der Waals surface area contributed by atoms with E-state index in [1.165, 1.54) is 0 Å². The van der Waals surface area contributed by atoms with Gasteiger partial charge in [-0.1, -0.05) is 35.5 Å². The van der Waals surface area contributed by atoms with E-state index in [4.69, 9.17) is 9.26 Å². The van der Waals surface area contributed by atoms with Crippen molar-refractivity contribution in [3.8, 4) is 11.4 Å². The summed E-state index contributed by atoms with van der Waals surface area (Å²) >= 11 is 0. The Hall–Kier alpha value is -1.96. The second-order valence-electron chi connectivity index (χ2n) is 7.34. The van der Waals surface area contributed by atoms with E-state index in [1.807, 2.05) is 30.3 Å². The first-order valence-corrected chi connectivity index (χ1v) is 9.92. The zero-order chi connectivity index (χ0) is 18.5. The summed E-state index contributed by atoms with van der Waals surface area (Å²) in [5.41, 5.74) is 0.965. The lowest BCUT2D eigenvalue weighted by Gasteiger charge is -2.44. The molecule has 1 aromatic carbocycles. The second kappa shape index (κ2) is 8.82. The van der Waals surface area contributed by atoms with Crippen LogP contribution in [-0.4, -0.2) is 72.2 Å². The molecule has 0 saturated carbocycles. The standard InChI is InChI=1S/C20H28N4O3/c25-12-4-7-17-15-24(9-8-18(17)23-10-13-26-14-11-23)20-21-19(22-27-20)16-5-2-1-3-6-16/h1-3,5-6,17-18,25H,4,7-15H2/t17-,18+/m1/s1. The maximum absolute atomic E-state index is 9.32. The number of ether oxygens (including phenoxy) is 1. The molecule has 2 atom stereocenters. The number of morpholine rings is 1. The van der Waals surface area contributed by atoms with Crippen molar-refractivity contribution in [3.63, 3.8) is 0 Å². The van der Waals surface area contributed by atoms with E-state index in [-0.39, 0.29) is 6.61 Å². The molecule has 1 aromatic heterocycles. The maximum Gasteiger partial charge on any atom is 0.324 e. The zero-order valence-electron chi connectivity index (χ0n) is 15.7. The van der Waals surface area contributed by atoms with Gasteiger partial charge in [0, 0.05) is 44.4 Å². The molecule has 0 bridgehead atoms. The highest BCUT2D eigenvalue weighted by Crippen LogP contribution is 2.30. The Labute approximate surface area is 159 Å². The Kier molecular flexibility index (Phi) is 6.01. The van der Waals surface area contributed by atoms with Crippen LogP contribution in [-0.2, 0) is 4.74 Å². The second-order valence-corrected chi connectivity index (χ2v) is 7.34. The van der Waals surface area contributed by atoms with Gasteiger partial charge in [-0.25, -0.2) is 0 Å². The first-order valence-electron chi connectivity index (χ1n) is 9.92. The van der Waals surface area contributed by atoms with Gasteiger partial charge in [0.1, 0.15) is 0 Å². The first-order chi connectivity index (χ1) is 13.3. The van der Waals surface area contributed by atoms with Crippen molar-refractivity contribution < 1.29 is 14.4 Å². The predicted octanol–water partition coefficient (Wildman–Crippen LogP) is 2.04. The van der Waals surface area contributed by atoms with Gasteiger partial charge in [-0.15, -0.1) is 0 Å². The van der Waals surface area contributed by atoms with Crippen LogP contribution in [0.1, 0.15) is 19.3 Å². The summed E-state index contributed by atoms with van der Waals surface area (Å²) in [7, 11) is 0. The van der Waals surface area contributed by atoms with Gasteiger partial charge in [-0.05, 0) is 25.2 Å². The molecular weight excluding hydrogens is 344 g/mol. The third-order valence-electron chi connectivity index (χ3n) is 5.66. The van der Waals surface area contributed by atoms with E-state index in [2.05, 4.69) is 19.9 Å². The summed E-state index contributed by atoms with van der Waals surface area (Å²) < 4.78 is 11.1. The van der Waals surface area contributed by atoms with E-state index in [0.717, 1.165) is 64.2 Å². The van der Waals surface area contributed by atoms with E-state index in [0.29, 0.717) is 23.8 Å². The number of hydrogen-bond donors (Lipinski definition) is 1. The Morgan fingerprint density at radius 1 is 1.11 bits per heavy atom. The largest absolute Gasteiger partial charge is 0.396 e. The van der Waals surface area contributed by atoms with Gasteiger partial charge in [0.25, 0.3) is 0 Å². The number of nitrogens with zero attached hydrogens (tertiary/aromatic N) is 4. The topological polar surface area (TPSA) is 74.9 Å². The SMILES string of the molecule is OCCC[C@@H]1CN(c2nc(-c3ccccc3)no2)CC[C@@H]1N1CCOCC1. The highest BCUT2D eigenvalue weighted by atomic mass is 16.5. The number of aromatic nitrogens is 2. The quantitative estimate of drug-likeness (QED) is 0.832. The number of aliphatic hydroxyl groups excluding tert-OH is 1. The minimum absolute atomic E-state index is 0.241. The lowest BCUT2D eigenvalue weighted by Crippen LogP contribution is -2.54. The Bertz CT molecular complexity index is 702. The zero-order valence-corrected chi connectivity index (χ0v) is 15.7. The number of piperidine rings is 1. The summed E-state index contributed by atoms with van der Waals surface area (Å²) in [5.74, 6) is 1.11. The van der Waals surface area contributed by atoms with Crippen LogP contribution < -0.4 is 4.90 Å². The van der Waals surface area contributed by atoms with Gasteiger partial charge in [-0.3, -0.25) is 4.90 Å². The first kappa shape index (κ1) is 18.4. The normalized spacial score (nSPS) is 24.3. The van der Waals surface area contributed by atoms with Crippen molar-refractivity contribution in [2.24, 2.45) is 5.92 Å². The van der Waals surface area contributed by atoms with Gasteiger partial charge in [-0.2, -0.15) is 4.98 Å². The Balaban J connectivity index is 1.46. The van der Waals surface area contributed by atoms with Crippen molar-refractivity contribution in [1.82, 2.24) is 15.0 Å². The summed E-state index contributed by atoms with van der Waals surface area (Å²) in [6, 6.07) is 11.0. The fraction of sp³-hybridized carbons (Fsp3) is 0.600. The average molecular weight is 372 g/mol. The summed E-state index contributed by atoms with van der Waals surface area (Å²) in [4.78, 5) is 9.39. The van der Waals surface area contributed by atoms with Crippen LogP contribution in [0.5, 0.6) is 0 Å². The molecule has 27 heavy (non-hydrogen) atoms. The fourth-order valence-corrected chi connectivity index (χ4v) is 4.27. The van der Waals surface area contributed by atoms with E-state index >= 15 is 0 Å². The third-order valence-corrected chi connectivity index (χ3v) is 5.66. The molecule has 0 unspecified atom stereocenters. The number of hydrogen-bond acceptors (Lipinski definition) is 7. The minimum Gasteiger partial charge on any atom is -0.396 e. The molecule has 2 fully saturated rings. The molecule has 2 aliphatic heterocycles. The van der Waals surface area contributed by atoms with Crippen LogP contribution >= 0.6 is 0 Å². The van der Waals surface area contributed by atoms with Crippen LogP contribution in [0.3, 0.4) is 0 Å². The molecule has 0 spiro atoms. The van der Waals surface area contributed by atoms with Gasteiger partial charge in [0.15, 0.2) is 0 Å². The Morgan fingerprint density at radius 3 is 2.70 bits per heavy atom. The summed E-state index contributed by atoms with van der Waals surface area (Å²) in [6.07, 6.45) is 2.91. The molecule has 1 N–H and O–H groups in total. The van der Waals surface area contributed by atoms with Crippen LogP contribution in [0.15, 0.2) is 34.9 Å². The molecule has 7 heteroatoms. The van der Waals surface area contributed by atoms with Gasteiger partial charge in [0.05, 0.1) is 13.2 Å². The lowest BCUT2D eigenvalue weighted by molar-refractivity contribution is -0.00446. The molecular formula is C20H28N4O3. The summed E-state index contributed by atoms with van der Waals surface area (Å²) in [6.45, 7) is 5.67. The van der Waals surface area contributed by atoms with E-state index in [1.54, 1.807) is 0 Å². The van der Waals surface area contributed by atoms with Gasteiger partial charge < -0.3 is 19.3 Å². The average Bonchev–Trinajstić information content (AvgIpc) is 3.24. The maximum atomic E-state index is 9.32. The van der Waals surface area contributed by atoms with Crippen LogP contribution in [0, 0.1) is 5.92 Å². The monoisotopic (exact) mass is 372 g/mol. The molecule has 0 radical (unpaired) electrons. The molecule has 7 nitrogen and oxygen atoms in total. The predicted molar refractivity (Wildman–Crippen MR) is 103 cm³/mol. The van der Waals surface area contributed by atoms with Crippen LogP contribution in [0.25, 0.3) is 11.4 Å². The van der Waals surface area contributed by atoms with Crippen molar-refractivity contribution in [2.75, 3.05) is 50.9 Å². The van der Waals surface area contributed by atoms with E-state index < -0.39 is 0 Å². The minimum atomic E-state index is 0.241. The molecule has 0 amide bonds. The highest BCUT2D eigenvalue weighted by Gasteiger charge is 2.35. The molecule has 0 aliphatic carbocycles. The van der Waals surface area contributed by atoms with Crippen molar-refractivity contribution in [2.45, 2.75) is 25.3 Å². The van der Waals surface area contributed by atoms with Crippen molar-refractivity contribution in [3.05, 3.63) is 30.3 Å². The molecule has 2 saturated heterocycles. The van der Waals surface area contributed by atoms with Crippen molar-refractivity contribution in [1.29, 1.82) is 0 Å². The van der Waals surface area contributed by atoms with Gasteiger partial charge in [0.2, 0.25) is 5.82 Å². The molecule has 4 rings (SSSR count). The highest BCUT2D eigenvalue weighted by molar-refractivity contribution is 5.55. The van der Waals surface area contributed by atoms with Gasteiger partial charge >= 0.3 is 6.01 Å². The smallest absolute Gasteiger partial charge is 0.324 e. The lowest BCUT2D eigenvalue weighted by atomic mass is 9.87. The van der Waals surface area contributed by atoms with Crippen molar-refractivity contribution >= 4 is 6.01 Å². The molecule has 3 heterocycles. The Morgan fingerprint density at radius 2 is 1.93 bits per heavy atom. The number of rotatable bonds is 6. The summed E-state index contributed by atoms with van der Waals surface area (Å²) in [5, 5.41) is 13.5. The van der Waals surface area contributed by atoms with Crippen LogP contribution in [0.4, 0.5) is 6.01 Å². The fourth-order valence-electron chi connectivity index (χ4n) is 4.27. The molecule has 2 aromatic rings. The third kappa shape index (κ3) is 4.31. The van der Waals surface area contributed by atoms with E-state index in [9.17, 15) is 5.11 Å². The number of anilines is 1. The number of benzene rings is 1. The molecule has 146 valence electrons. The van der Waals surface area contributed by atoms with Crippen LogP contribution in [0.2, 0.25) is 0 Å². The molecule has 2 aliphatic rings.